The number of hydrogen-bond acceptors (Lipinski definition) is 8. The molecule has 0 spiro atoms. The summed E-state index contributed by atoms with van der Waals surface area (Å²) in [6.07, 6.45) is 2.36. The van der Waals surface area contributed by atoms with Gasteiger partial charge in [0.05, 0.1) is 15.5 Å². The molecule has 1 heterocycles. The molecule has 1 aromatic heterocycles. The molecule has 0 atom stereocenters. The first-order valence-electron chi connectivity index (χ1n) is 10.7. The molecule has 0 aliphatic rings. The van der Waals surface area contributed by atoms with Crippen molar-refractivity contribution < 1.29 is 16.8 Å². The third-order valence-corrected chi connectivity index (χ3v) is 7.99. The number of nitrogens with one attached hydrogen (secondary N) is 2. The van der Waals surface area contributed by atoms with Gasteiger partial charge in [-0.1, -0.05) is 18.2 Å². The molecule has 0 saturated carbocycles. The summed E-state index contributed by atoms with van der Waals surface area (Å²) in [5.41, 5.74) is 9.93. The third-order valence-electron chi connectivity index (χ3n) is 5.39. The molecule has 3 rings (SSSR count). The van der Waals surface area contributed by atoms with Crippen molar-refractivity contribution in [3.63, 3.8) is 0 Å². The lowest BCUT2D eigenvalue weighted by Crippen LogP contribution is -2.25. The second kappa shape index (κ2) is 10.5. The smallest absolute Gasteiger partial charge is 0.240 e. The van der Waals surface area contributed by atoms with E-state index in [1.165, 1.54) is 24.3 Å². The molecule has 2 aromatic carbocycles. The highest BCUT2D eigenvalue weighted by molar-refractivity contribution is 7.90. The normalized spacial score (nSPS) is 12.0. The molecule has 0 fully saturated rings. The highest BCUT2D eigenvalue weighted by Gasteiger charge is 2.15. The van der Waals surface area contributed by atoms with Crippen molar-refractivity contribution in [2.24, 2.45) is 0 Å². The summed E-state index contributed by atoms with van der Waals surface area (Å²) >= 11 is 0. The fourth-order valence-electron chi connectivity index (χ4n) is 3.35. The number of rotatable bonds is 10. The van der Waals surface area contributed by atoms with E-state index in [0.29, 0.717) is 25.2 Å². The van der Waals surface area contributed by atoms with Gasteiger partial charge in [-0.2, -0.15) is 4.98 Å². The number of sulfone groups is 1. The molecular formula is C23H29N5O4S2. The van der Waals surface area contributed by atoms with Crippen LogP contribution in [0.1, 0.15) is 24.0 Å². The lowest BCUT2D eigenvalue weighted by molar-refractivity contribution is 0.577. The van der Waals surface area contributed by atoms with Gasteiger partial charge in [-0.25, -0.2) is 26.5 Å². The topological polar surface area (TPSA) is 144 Å². The molecule has 11 heteroatoms. The van der Waals surface area contributed by atoms with E-state index in [1.807, 2.05) is 38.1 Å². The summed E-state index contributed by atoms with van der Waals surface area (Å²) in [6, 6.07) is 13.0. The number of nitrogens with two attached hydrogens (primary N) is 1. The number of anilines is 2. The first-order chi connectivity index (χ1) is 16.0. The summed E-state index contributed by atoms with van der Waals surface area (Å²) in [5, 5.41) is 3.21. The Morgan fingerprint density at radius 1 is 0.882 bits per heavy atom. The lowest BCUT2D eigenvalue weighted by Gasteiger charge is -2.11. The molecule has 0 bridgehead atoms. The number of nitrogen functional groups attached to an aromatic ring is 1. The van der Waals surface area contributed by atoms with Crippen LogP contribution in [-0.4, -0.2) is 46.1 Å². The van der Waals surface area contributed by atoms with Crippen LogP contribution < -0.4 is 15.8 Å². The Bertz CT molecular complexity index is 1370. The molecule has 0 saturated heterocycles. The van der Waals surface area contributed by atoms with Crippen molar-refractivity contribution in [2.75, 3.05) is 30.4 Å². The van der Waals surface area contributed by atoms with Crippen molar-refractivity contribution in [1.29, 1.82) is 0 Å². The molecule has 4 N–H and O–H groups in total. The second-order valence-corrected chi connectivity index (χ2v) is 11.8. The van der Waals surface area contributed by atoms with E-state index in [4.69, 9.17) is 5.73 Å². The van der Waals surface area contributed by atoms with E-state index in [1.54, 1.807) is 0 Å². The largest absolute Gasteiger partial charge is 0.370 e. The SMILES string of the molecule is Cc1cccc(-c2cc(NCCCCNS(=O)(=O)c3ccc(S(C)(=O)=O)cc3)nc(N)n2)c1C. The van der Waals surface area contributed by atoms with Crippen LogP contribution in [0.15, 0.2) is 58.3 Å². The van der Waals surface area contributed by atoms with Gasteiger partial charge >= 0.3 is 0 Å². The zero-order valence-corrected chi connectivity index (χ0v) is 21.0. The Labute approximate surface area is 200 Å². The van der Waals surface area contributed by atoms with Gasteiger partial charge in [0.15, 0.2) is 9.84 Å². The van der Waals surface area contributed by atoms with Crippen molar-refractivity contribution in [2.45, 2.75) is 36.5 Å². The molecule has 9 nitrogen and oxygen atoms in total. The van der Waals surface area contributed by atoms with Crippen LogP contribution >= 0.6 is 0 Å². The minimum absolute atomic E-state index is 0.0217. The lowest BCUT2D eigenvalue weighted by atomic mass is 10.0. The van der Waals surface area contributed by atoms with Gasteiger partial charge in [-0.05, 0) is 62.1 Å². The second-order valence-electron chi connectivity index (χ2n) is 8.02. The molecule has 34 heavy (non-hydrogen) atoms. The summed E-state index contributed by atoms with van der Waals surface area (Å²) in [4.78, 5) is 8.68. The van der Waals surface area contributed by atoms with Gasteiger partial charge in [-0.15, -0.1) is 0 Å². The van der Waals surface area contributed by atoms with Crippen LogP contribution in [0.2, 0.25) is 0 Å². The monoisotopic (exact) mass is 503 g/mol. The van der Waals surface area contributed by atoms with Gasteiger partial charge in [-0.3, -0.25) is 0 Å². The maximum atomic E-state index is 12.4. The highest BCUT2D eigenvalue weighted by atomic mass is 32.2. The molecule has 0 amide bonds. The predicted octanol–water partition coefficient (Wildman–Crippen LogP) is 2.92. The predicted molar refractivity (Wildman–Crippen MR) is 134 cm³/mol. The van der Waals surface area contributed by atoms with Gasteiger partial charge in [0, 0.05) is 31.0 Å². The fourth-order valence-corrected chi connectivity index (χ4v) is 5.05. The van der Waals surface area contributed by atoms with E-state index in [0.717, 1.165) is 28.6 Å². The third kappa shape index (κ3) is 6.52. The summed E-state index contributed by atoms with van der Waals surface area (Å²) in [7, 11) is -7.09. The Morgan fingerprint density at radius 3 is 2.21 bits per heavy atom. The van der Waals surface area contributed by atoms with Crippen molar-refractivity contribution in [1.82, 2.24) is 14.7 Å². The minimum atomic E-state index is -3.71. The fraction of sp³-hybridized carbons (Fsp3) is 0.304. The van der Waals surface area contributed by atoms with Gasteiger partial charge < -0.3 is 11.1 Å². The van der Waals surface area contributed by atoms with Crippen LogP contribution in [0.3, 0.4) is 0 Å². The minimum Gasteiger partial charge on any atom is -0.370 e. The van der Waals surface area contributed by atoms with E-state index < -0.39 is 19.9 Å². The molecule has 0 aliphatic carbocycles. The molecule has 182 valence electrons. The van der Waals surface area contributed by atoms with Crippen LogP contribution in [0, 0.1) is 13.8 Å². The van der Waals surface area contributed by atoms with E-state index in [9.17, 15) is 16.8 Å². The van der Waals surface area contributed by atoms with Crippen molar-refractivity contribution in [3.05, 3.63) is 59.7 Å². The standard InChI is InChI=1S/C23H29N5O4S2/c1-16-7-6-8-20(17(16)2)21-15-22(28-23(24)27-21)25-13-4-5-14-26-34(31,32)19-11-9-18(10-12-19)33(3,29)30/h6-12,15,26H,4-5,13-14H2,1-3H3,(H3,24,25,27,28). The van der Waals surface area contributed by atoms with Crippen LogP contribution in [0.4, 0.5) is 11.8 Å². The number of hydrogen-bond donors (Lipinski definition) is 3. The van der Waals surface area contributed by atoms with Gasteiger partial charge in [0.2, 0.25) is 16.0 Å². The van der Waals surface area contributed by atoms with Crippen molar-refractivity contribution in [3.8, 4) is 11.3 Å². The number of aromatic nitrogens is 2. The Kier molecular flexibility index (Phi) is 7.90. The van der Waals surface area contributed by atoms with Crippen LogP contribution in [0.5, 0.6) is 0 Å². The maximum Gasteiger partial charge on any atom is 0.240 e. The number of unbranched alkanes of at least 4 members (excludes halogenated alkanes) is 1. The van der Waals surface area contributed by atoms with Crippen LogP contribution in [-0.2, 0) is 19.9 Å². The number of sulfonamides is 1. The van der Waals surface area contributed by atoms with E-state index in [2.05, 4.69) is 20.0 Å². The van der Waals surface area contributed by atoms with E-state index in [-0.39, 0.29) is 22.3 Å². The highest BCUT2D eigenvalue weighted by Crippen LogP contribution is 2.26. The zero-order valence-electron chi connectivity index (χ0n) is 19.4. The average molecular weight is 504 g/mol. The first-order valence-corrected chi connectivity index (χ1v) is 14.1. The number of benzene rings is 2. The summed E-state index contributed by atoms with van der Waals surface area (Å²) in [6.45, 7) is 4.91. The Hall–Kier alpha value is -3.02. The van der Waals surface area contributed by atoms with Gasteiger partial charge in [0.1, 0.15) is 5.82 Å². The molecular weight excluding hydrogens is 474 g/mol. The Morgan fingerprint density at radius 2 is 1.53 bits per heavy atom. The number of nitrogens with zero attached hydrogens (tertiary/aromatic N) is 2. The number of aryl methyl sites for hydroxylation is 1. The molecule has 0 radical (unpaired) electrons. The molecule has 0 unspecified atom stereocenters. The maximum absolute atomic E-state index is 12.4. The van der Waals surface area contributed by atoms with E-state index >= 15 is 0 Å². The Balaban J connectivity index is 1.51. The van der Waals surface area contributed by atoms with Crippen LogP contribution in [0.25, 0.3) is 11.3 Å². The molecule has 0 aliphatic heterocycles. The summed E-state index contributed by atoms with van der Waals surface area (Å²) in [5.74, 6) is 0.783. The van der Waals surface area contributed by atoms with Gasteiger partial charge in [0.25, 0.3) is 0 Å². The average Bonchev–Trinajstić information content (AvgIpc) is 2.77. The molecule has 3 aromatic rings. The first kappa shape index (κ1) is 25.6. The van der Waals surface area contributed by atoms with Crippen molar-refractivity contribution >= 4 is 31.6 Å². The summed E-state index contributed by atoms with van der Waals surface area (Å²) < 4.78 is 50.4. The zero-order chi connectivity index (χ0) is 24.9. The quantitative estimate of drug-likeness (QED) is 0.358.